The molecule has 1 nitrogen and oxygen atoms in total. The number of anilines is 1. The first kappa shape index (κ1) is 20.9. The van der Waals surface area contributed by atoms with Gasteiger partial charge in [-0.15, -0.1) is 0 Å². The van der Waals surface area contributed by atoms with Crippen LogP contribution >= 0.6 is 0 Å². The zero-order valence-corrected chi connectivity index (χ0v) is 18.9. The van der Waals surface area contributed by atoms with Crippen LogP contribution in [-0.4, -0.2) is 6.04 Å². The van der Waals surface area contributed by atoms with E-state index in [1.807, 2.05) is 0 Å². The van der Waals surface area contributed by atoms with Gasteiger partial charge in [-0.1, -0.05) is 90.0 Å². The Kier molecular flexibility index (Phi) is 6.23. The number of hydrogen-bond donors (Lipinski definition) is 1. The summed E-state index contributed by atoms with van der Waals surface area (Å²) in [6.07, 6.45) is 10.2. The molecule has 0 fully saturated rings. The fourth-order valence-electron chi connectivity index (χ4n) is 4.24. The van der Waals surface area contributed by atoms with E-state index in [0.29, 0.717) is 6.04 Å². The van der Waals surface area contributed by atoms with Crippen LogP contribution in [0.25, 0.3) is 5.57 Å². The quantitative estimate of drug-likeness (QED) is 0.458. The van der Waals surface area contributed by atoms with Crippen LogP contribution in [0.2, 0.25) is 0 Å². The Morgan fingerprint density at radius 2 is 1.55 bits per heavy atom. The third-order valence-corrected chi connectivity index (χ3v) is 5.92. The average Bonchev–Trinajstić information content (AvgIpc) is 2.76. The van der Waals surface area contributed by atoms with Crippen LogP contribution in [0.4, 0.5) is 5.69 Å². The number of benzene rings is 3. The second-order valence-electron chi connectivity index (χ2n) is 8.61. The molecule has 3 aromatic carbocycles. The normalized spacial score (nSPS) is 16.2. The molecule has 0 saturated carbocycles. The first-order valence-electron chi connectivity index (χ1n) is 11.1. The Balaban J connectivity index is 1.59. The predicted molar refractivity (Wildman–Crippen MR) is 135 cm³/mol. The number of rotatable bonds is 5. The number of aryl methyl sites for hydroxylation is 4. The molecule has 0 amide bonds. The van der Waals surface area contributed by atoms with Gasteiger partial charge < -0.3 is 5.32 Å². The van der Waals surface area contributed by atoms with Crippen molar-refractivity contribution in [1.82, 2.24) is 0 Å². The standard InChI is InChI=1S/C30H31N/c1-21-10-16-28(23(3)18-21)29(26-8-6-5-7-9-26)20-25-12-14-27(15-13-25)31-30-17-11-22(2)19-24(30)4/h5-14,16-20,27,31H,15H2,1-4H3. The maximum atomic E-state index is 3.68. The zero-order chi connectivity index (χ0) is 21.8. The molecule has 31 heavy (non-hydrogen) atoms. The molecule has 0 spiro atoms. The van der Waals surface area contributed by atoms with Crippen molar-refractivity contribution in [2.75, 3.05) is 5.32 Å². The summed E-state index contributed by atoms with van der Waals surface area (Å²) in [5, 5.41) is 3.68. The Hall–Kier alpha value is -3.32. The summed E-state index contributed by atoms with van der Waals surface area (Å²) in [5.41, 5.74) is 11.5. The third kappa shape index (κ3) is 5.06. The fraction of sp³-hybridized carbons (Fsp3) is 0.200. The molecule has 3 aromatic rings. The molecule has 1 unspecified atom stereocenters. The smallest absolute Gasteiger partial charge is 0.0482 e. The summed E-state index contributed by atoms with van der Waals surface area (Å²) in [5.74, 6) is 0. The lowest BCUT2D eigenvalue weighted by Gasteiger charge is -2.20. The highest BCUT2D eigenvalue weighted by Gasteiger charge is 2.12. The largest absolute Gasteiger partial charge is 0.378 e. The van der Waals surface area contributed by atoms with E-state index in [2.05, 4.69) is 124 Å². The first-order valence-corrected chi connectivity index (χ1v) is 11.1. The van der Waals surface area contributed by atoms with Gasteiger partial charge in [0.2, 0.25) is 0 Å². The maximum Gasteiger partial charge on any atom is 0.0482 e. The van der Waals surface area contributed by atoms with Crippen LogP contribution < -0.4 is 5.32 Å². The number of hydrogen-bond acceptors (Lipinski definition) is 1. The molecule has 0 bridgehead atoms. The van der Waals surface area contributed by atoms with E-state index in [-0.39, 0.29) is 0 Å². The van der Waals surface area contributed by atoms with Crippen molar-refractivity contribution in [1.29, 1.82) is 0 Å². The molecule has 1 aliphatic carbocycles. The maximum absolute atomic E-state index is 3.68. The van der Waals surface area contributed by atoms with E-state index in [9.17, 15) is 0 Å². The van der Waals surface area contributed by atoms with Crippen LogP contribution in [0.1, 0.15) is 39.8 Å². The van der Waals surface area contributed by atoms with Gasteiger partial charge in [-0.3, -0.25) is 0 Å². The summed E-state index contributed by atoms with van der Waals surface area (Å²) < 4.78 is 0. The van der Waals surface area contributed by atoms with Gasteiger partial charge in [-0.2, -0.15) is 0 Å². The first-order chi connectivity index (χ1) is 15.0. The van der Waals surface area contributed by atoms with Crippen molar-refractivity contribution in [3.05, 3.63) is 130 Å². The Morgan fingerprint density at radius 3 is 2.19 bits per heavy atom. The highest BCUT2D eigenvalue weighted by Crippen LogP contribution is 2.29. The Bertz CT molecular complexity index is 1160. The molecule has 0 saturated heterocycles. The minimum Gasteiger partial charge on any atom is -0.378 e. The van der Waals surface area contributed by atoms with E-state index in [0.717, 1.165) is 6.42 Å². The molecular formula is C30H31N. The van der Waals surface area contributed by atoms with Gasteiger partial charge >= 0.3 is 0 Å². The van der Waals surface area contributed by atoms with E-state index in [1.165, 1.54) is 50.2 Å². The van der Waals surface area contributed by atoms with Crippen LogP contribution in [0.15, 0.2) is 96.6 Å². The van der Waals surface area contributed by atoms with Crippen LogP contribution in [0.5, 0.6) is 0 Å². The van der Waals surface area contributed by atoms with E-state index in [1.54, 1.807) is 0 Å². The molecule has 156 valence electrons. The van der Waals surface area contributed by atoms with Crippen molar-refractivity contribution in [3.63, 3.8) is 0 Å². The van der Waals surface area contributed by atoms with Gasteiger partial charge in [0.05, 0.1) is 0 Å². The van der Waals surface area contributed by atoms with E-state index < -0.39 is 0 Å². The highest BCUT2D eigenvalue weighted by atomic mass is 14.9. The monoisotopic (exact) mass is 405 g/mol. The van der Waals surface area contributed by atoms with E-state index in [4.69, 9.17) is 0 Å². The van der Waals surface area contributed by atoms with Crippen molar-refractivity contribution >= 4 is 11.3 Å². The van der Waals surface area contributed by atoms with Gasteiger partial charge in [-0.05, 0) is 79.7 Å². The van der Waals surface area contributed by atoms with E-state index >= 15 is 0 Å². The van der Waals surface area contributed by atoms with Crippen LogP contribution in [0.3, 0.4) is 0 Å². The van der Waals surface area contributed by atoms with Crippen LogP contribution in [-0.2, 0) is 0 Å². The summed E-state index contributed by atoms with van der Waals surface area (Å²) >= 11 is 0. The molecule has 0 heterocycles. The fourth-order valence-corrected chi connectivity index (χ4v) is 4.24. The molecular weight excluding hydrogens is 374 g/mol. The second-order valence-corrected chi connectivity index (χ2v) is 8.61. The molecule has 0 aliphatic heterocycles. The lowest BCUT2D eigenvalue weighted by molar-refractivity contribution is 0.876. The minimum absolute atomic E-state index is 0.319. The molecule has 1 aliphatic rings. The molecule has 1 atom stereocenters. The van der Waals surface area contributed by atoms with Crippen molar-refractivity contribution < 1.29 is 0 Å². The molecule has 1 N–H and O–H groups in total. The van der Waals surface area contributed by atoms with Crippen LogP contribution in [0, 0.1) is 27.7 Å². The van der Waals surface area contributed by atoms with Gasteiger partial charge in [0.15, 0.2) is 0 Å². The van der Waals surface area contributed by atoms with Gasteiger partial charge in [0.25, 0.3) is 0 Å². The van der Waals surface area contributed by atoms with Crippen molar-refractivity contribution in [2.45, 2.75) is 40.2 Å². The third-order valence-electron chi connectivity index (χ3n) is 5.92. The topological polar surface area (TPSA) is 12.0 Å². The summed E-state index contributed by atoms with van der Waals surface area (Å²) in [4.78, 5) is 0. The predicted octanol–water partition coefficient (Wildman–Crippen LogP) is 7.72. The Morgan fingerprint density at radius 1 is 0.839 bits per heavy atom. The molecule has 4 rings (SSSR count). The molecule has 1 heteroatoms. The number of allylic oxidation sites excluding steroid dienone is 3. The Labute approximate surface area is 186 Å². The van der Waals surface area contributed by atoms with Gasteiger partial charge in [0, 0.05) is 11.7 Å². The molecule has 0 radical (unpaired) electrons. The lowest BCUT2D eigenvalue weighted by Crippen LogP contribution is -2.18. The summed E-state index contributed by atoms with van der Waals surface area (Å²) in [6, 6.07) is 24.3. The number of nitrogens with one attached hydrogen (secondary N) is 1. The minimum atomic E-state index is 0.319. The van der Waals surface area contributed by atoms with Gasteiger partial charge in [0.1, 0.15) is 0 Å². The molecule has 0 aromatic heterocycles. The lowest BCUT2D eigenvalue weighted by atomic mass is 9.90. The van der Waals surface area contributed by atoms with Crippen molar-refractivity contribution in [3.8, 4) is 0 Å². The van der Waals surface area contributed by atoms with Crippen molar-refractivity contribution in [2.24, 2.45) is 0 Å². The summed E-state index contributed by atoms with van der Waals surface area (Å²) in [6.45, 7) is 8.66. The SMILES string of the molecule is Cc1ccc(NC2C=CC(C=C(c3ccccc3)c3ccc(C)cc3C)=CC2)c(C)c1. The zero-order valence-electron chi connectivity index (χ0n) is 18.9. The van der Waals surface area contributed by atoms with Gasteiger partial charge in [-0.25, -0.2) is 0 Å². The highest BCUT2D eigenvalue weighted by molar-refractivity contribution is 5.83. The summed E-state index contributed by atoms with van der Waals surface area (Å²) in [7, 11) is 0. The average molecular weight is 406 g/mol. The second kappa shape index (κ2) is 9.22.